The molecular formula is C25H20Cl2N2O3. The van der Waals surface area contributed by atoms with Gasteiger partial charge in [-0.05, 0) is 54.4 Å². The van der Waals surface area contributed by atoms with Crippen molar-refractivity contribution in [2.75, 3.05) is 12.4 Å². The smallest absolute Gasteiger partial charge is 0.278 e. The van der Waals surface area contributed by atoms with Crippen LogP contribution >= 0.6 is 23.2 Å². The lowest BCUT2D eigenvalue weighted by Crippen LogP contribution is -2.32. The lowest BCUT2D eigenvalue weighted by molar-refractivity contribution is -0.137. The van der Waals surface area contributed by atoms with E-state index in [-0.39, 0.29) is 17.8 Å². The Morgan fingerprint density at radius 2 is 1.59 bits per heavy atom. The van der Waals surface area contributed by atoms with E-state index in [0.717, 1.165) is 11.1 Å². The number of hydrogen-bond donors (Lipinski definition) is 1. The molecule has 4 rings (SSSR count). The van der Waals surface area contributed by atoms with Crippen LogP contribution in [0.25, 0.3) is 5.57 Å². The number of amides is 2. The number of nitrogens with one attached hydrogen (secondary N) is 1. The summed E-state index contributed by atoms with van der Waals surface area (Å²) in [6.07, 6.45) is 0. The minimum atomic E-state index is -0.416. The zero-order valence-electron chi connectivity index (χ0n) is 17.5. The van der Waals surface area contributed by atoms with Gasteiger partial charge in [0.25, 0.3) is 11.8 Å². The Hall–Kier alpha value is -3.28. The zero-order chi connectivity index (χ0) is 22.8. The van der Waals surface area contributed by atoms with Gasteiger partial charge in [0.2, 0.25) is 0 Å². The summed E-state index contributed by atoms with van der Waals surface area (Å²) >= 11 is 12.1. The molecule has 32 heavy (non-hydrogen) atoms. The molecule has 0 aromatic heterocycles. The summed E-state index contributed by atoms with van der Waals surface area (Å²) in [5, 5.41) is 4.35. The molecule has 7 heteroatoms. The van der Waals surface area contributed by atoms with E-state index < -0.39 is 11.8 Å². The van der Waals surface area contributed by atoms with Gasteiger partial charge in [-0.25, -0.2) is 0 Å². The highest BCUT2D eigenvalue weighted by Crippen LogP contribution is 2.36. The molecule has 0 aliphatic carbocycles. The molecule has 162 valence electrons. The van der Waals surface area contributed by atoms with E-state index in [1.807, 2.05) is 13.0 Å². The van der Waals surface area contributed by atoms with Gasteiger partial charge in [0.1, 0.15) is 11.4 Å². The molecular weight excluding hydrogens is 447 g/mol. The molecule has 0 atom stereocenters. The van der Waals surface area contributed by atoms with Crippen molar-refractivity contribution in [3.63, 3.8) is 0 Å². The first-order chi connectivity index (χ1) is 15.4. The molecule has 0 saturated heterocycles. The molecule has 0 bridgehead atoms. The predicted octanol–water partition coefficient (Wildman–Crippen LogP) is 5.70. The first-order valence-electron chi connectivity index (χ1n) is 9.90. The molecule has 1 aliphatic heterocycles. The fourth-order valence-corrected chi connectivity index (χ4v) is 3.96. The number of carbonyl (C=O) groups excluding carboxylic acids is 2. The number of rotatable bonds is 6. The number of carbonyl (C=O) groups is 2. The zero-order valence-corrected chi connectivity index (χ0v) is 19.0. The Labute approximate surface area is 196 Å². The lowest BCUT2D eigenvalue weighted by Gasteiger charge is -2.16. The van der Waals surface area contributed by atoms with Crippen molar-refractivity contribution >= 4 is 46.3 Å². The van der Waals surface area contributed by atoms with Crippen LogP contribution in [-0.4, -0.2) is 23.8 Å². The van der Waals surface area contributed by atoms with Crippen molar-refractivity contribution in [2.45, 2.75) is 13.5 Å². The Bertz CT molecular complexity index is 1240. The highest BCUT2D eigenvalue weighted by molar-refractivity contribution is 6.37. The van der Waals surface area contributed by atoms with Crippen molar-refractivity contribution in [2.24, 2.45) is 0 Å². The average Bonchev–Trinajstić information content (AvgIpc) is 3.01. The van der Waals surface area contributed by atoms with Crippen LogP contribution in [0.2, 0.25) is 10.0 Å². The molecule has 0 radical (unpaired) electrons. The summed E-state index contributed by atoms with van der Waals surface area (Å²) in [4.78, 5) is 28.2. The van der Waals surface area contributed by atoms with Gasteiger partial charge in [-0.3, -0.25) is 14.5 Å². The van der Waals surface area contributed by atoms with Crippen LogP contribution in [0.1, 0.15) is 16.7 Å². The van der Waals surface area contributed by atoms with Crippen LogP contribution in [0.5, 0.6) is 5.75 Å². The highest BCUT2D eigenvalue weighted by atomic mass is 35.5. The van der Waals surface area contributed by atoms with Gasteiger partial charge in [0.05, 0.1) is 19.2 Å². The second-order valence-electron chi connectivity index (χ2n) is 7.36. The molecule has 1 aliphatic rings. The summed E-state index contributed by atoms with van der Waals surface area (Å²) in [6, 6.07) is 19.5. The monoisotopic (exact) mass is 466 g/mol. The lowest BCUT2D eigenvalue weighted by atomic mass is 10.0. The standard InChI is InChI=1S/C25H20Cl2N2O3/c1-15-13-18(27)11-12-20(15)28-23-22(19-5-3-4-6-21(19)32-2)24(30)29(25(23)31)14-16-7-9-17(26)10-8-16/h3-13,28H,14H2,1-2H3. The van der Waals surface area contributed by atoms with Crippen LogP contribution in [0.15, 0.2) is 72.4 Å². The Balaban J connectivity index is 1.79. The number of halogens is 2. The predicted molar refractivity (Wildman–Crippen MR) is 127 cm³/mol. The maximum Gasteiger partial charge on any atom is 0.278 e. The molecule has 1 heterocycles. The summed E-state index contributed by atoms with van der Waals surface area (Å²) in [5.74, 6) is -0.312. The normalized spacial score (nSPS) is 13.7. The van der Waals surface area contributed by atoms with Gasteiger partial charge in [-0.2, -0.15) is 0 Å². The summed E-state index contributed by atoms with van der Waals surface area (Å²) in [6.45, 7) is 2.00. The quantitative estimate of drug-likeness (QED) is 0.473. The summed E-state index contributed by atoms with van der Waals surface area (Å²) in [5.41, 5.74) is 3.32. The second-order valence-corrected chi connectivity index (χ2v) is 8.23. The number of ether oxygens (including phenoxy) is 1. The number of aryl methyl sites for hydroxylation is 1. The van der Waals surface area contributed by atoms with Crippen molar-refractivity contribution in [3.05, 3.63) is 99.2 Å². The summed E-state index contributed by atoms with van der Waals surface area (Å²) in [7, 11) is 1.53. The highest BCUT2D eigenvalue weighted by Gasteiger charge is 2.40. The maximum absolute atomic E-state index is 13.5. The average molecular weight is 467 g/mol. The molecule has 3 aromatic carbocycles. The van der Waals surface area contributed by atoms with Gasteiger partial charge in [-0.1, -0.05) is 53.5 Å². The van der Waals surface area contributed by atoms with E-state index in [2.05, 4.69) is 5.32 Å². The Morgan fingerprint density at radius 3 is 2.28 bits per heavy atom. The molecule has 1 N–H and O–H groups in total. The molecule has 5 nitrogen and oxygen atoms in total. The molecule has 3 aromatic rings. The van der Waals surface area contributed by atoms with E-state index in [4.69, 9.17) is 27.9 Å². The van der Waals surface area contributed by atoms with Crippen LogP contribution in [0, 0.1) is 6.92 Å². The van der Waals surface area contributed by atoms with Crippen LogP contribution in [0.3, 0.4) is 0 Å². The number of para-hydroxylation sites is 1. The van der Waals surface area contributed by atoms with Crippen molar-refractivity contribution in [1.82, 2.24) is 4.90 Å². The fourth-order valence-electron chi connectivity index (χ4n) is 3.61. The number of nitrogens with zero attached hydrogens (tertiary/aromatic N) is 1. The van der Waals surface area contributed by atoms with Crippen LogP contribution in [0.4, 0.5) is 5.69 Å². The minimum Gasteiger partial charge on any atom is -0.496 e. The van der Waals surface area contributed by atoms with Crippen molar-refractivity contribution in [3.8, 4) is 5.75 Å². The van der Waals surface area contributed by atoms with E-state index in [1.54, 1.807) is 60.7 Å². The minimum absolute atomic E-state index is 0.123. The first-order valence-corrected chi connectivity index (χ1v) is 10.7. The Kier molecular flexibility index (Phi) is 6.21. The third-order valence-electron chi connectivity index (χ3n) is 5.25. The molecule has 0 saturated carbocycles. The number of benzene rings is 3. The number of imide groups is 1. The van der Waals surface area contributed by atoms with E-state index in [0.29, 0.717) is 27.0 Å². The van der Waals surface area contributed by atoms with Crippen molar-refractivity contribution < 1.29 is 14.3 Å². The number of hydrogen-bond acceptors (Lipinski definition) is 4. The molecule has 0 fully saturated rings. The fraction of sp³-hybridized carbons (Fsp3) is 0.120. The second kappa shape index (κ2) is 9.07. The van der Waals surface area contributed by atoms with E-state index >= 15 is 0 Å². The van der Waals surface area contributed by atoms with Gasteiger partial charge < -0.3 is 10.1 Å². The van der Waals surface area contributed by atoms with E-state index in [9.17, 15) is 9.59 Å². The van der Waals surface area contributed by atoms with Crippen molar-refractivity contribution in [1.29, 1.82) is 0 Å². The van der Waals surface area contributed by atoms with Crippen LogP contribution < -0.4 is 10.1 Å². The SMILES string of the molecule is COc1ccccc1C1=C(Nc2ccc(Cl)cc2C)C(=O)N(Cc2ccc(Cl)cc2)C1=O. The van der Waals surface area contributed by atoms with Gasteiger partial charge in [0, 0.05) is 21.3 Å². The van der Waals surface area contributed by atoms with E-state index in [1.165, 1.54) is 12.0 Å². The number of anilines is 1. The Morgan fingerprint density at radius 1 is 0.906 bits per heavy atom. The first kappa shape index (κ1) is 21.9. The van der Waals surface area contributed by atoms with Crippen LogP contribution in [-0.2, 0) is 16.1 Å². The largest absolute Gasteiger partial charge is 0.496 e. The third-order valence-corrected chi connectivity index (χ3v) is 5.73. The number of methoxy groups -OCH3 is 1. The molecule has 0 spiro atoms. The maximum atomic E-state index is 13.5. The summed E-state index contributed by atoms with van der Waals surface area (Å²) < 4.78 is 5.47. The van der Waals surface area contributed by atoms with Gasteiger partial charge in [0.15, 0.2) is 0 Å². The molecule has 0 unspecified atom stereocenters. The third kappa shape index (κ3) is 4.22. The van der Waals surface area contributed by atoms with Gasteiger partial charge >= 0.3 is 0 Å². The van der Waals surface area contributed by atoms with Gasteiger partial charge in [-0.15, -0.1) is 0 Å². The molecule has 2 amide bonds. The topological polar surface area (TPSA) is 58.6 Å².